The molecule has 0 fully saturated rings. The van der Waals surface area contributed by atoms with Crippen LogP contribution in [0, 0.1) is 10.1 Å². The molecular formula is C7H4F5N3O2. The Morgan fingerprint density at radius 3 is 2.29 bits per heavy atom. The largest absolute Gasteiger partial charge is 0.440 e. The van der Waals surface area contributed by atoms with Crippen molar-refractivity contribution in [3.8, 4) is 0 Å². The van der Waals surface area contributed by atoms with E-state index in [1.165, 1.54) is 0 Å². The summed E-state index contributed by atoms with van der Waals surface area (Å²) in [7, 11) is 0. The lowest BCUT2D eigenvalue weighted by atomic mass is 10.1. The molecule has 5 nitrogen and oxygen atoms in total. The van der Waals surface area contributed by atoms with Crippen molar-refractivity contribution in [3.05, 3.63) is 27.6 Å². The van der Waals surface area contributed by atoms with Crippen molar-refractivity contribution in [3.63, 3.8) is 0 Å². The van der Waals surface area contributed by atoms with Gasteiger partial charge >= 0.3 is 11.9 Å². The minimum Gasteiger partial charge on any atom is -0.397 e. The van der Waals surface area contributed by atoms with Gasteiger partial charge in [-0.3, -0.25) is 10.1 Å². The summed E-state index contributed by atoms with van der Waals surface area (Å²) in [5, 5.41) is 10.4. The molecule has 2 N–H and O–H groups in total. The second kappa shape index (κ2) is 4.11. The van der Waals surface area contributed by atoms with Gasteiger partial charge in [0.2, 0.25) is 5.69 Å². The molecule has 10 heteroatoms. The van der Waals surface area contributed by atoms with E-state index in [1.54, 1.807) is 0 Å². The number of alkyl halides is 5. The first-order valence-corrected chi connectivity index (χ1v) is 3.94. The first kappa shape index (κ1) is 13.1. The molecule has 1 heterocycles. The van der Waals surface area contributed by atoms with Gasteiger partial charge in [-0.15, -0.1) is 0 Å². The molecule has 0 aliphatic carbocycles. The van der Waals surface area contributed by atoms with Crippen LogP contribution in [0.2, 0.25) is 0 Å². The molecule has 1 rings (SSSR count). The minimum atomic E-state index is -5.21. The zero-order valence-electron chi connectivity index (χ0n) is 7.83. The second-order valence-electron chi connectivity index (χ2n) is 2.88. The molecular weight excluding hydrogens is 253 g/mol. The molecule has 1 aromatic rings. The molecule has 0 unspecified atom stereocenters. The Morgan fingerprint density at radius 2 is 1.94 bits per heavy atom. The van der Waals surface area contributed by atoms with Gasteiger partial charge < -0.3 is 5.73 Å². The summed E-state index contributed by atoms with van der Waals surface area (Å²) in [6.07, 6.45) is -8.39. The fourth-order valence-electron chi connectivity index (χ4n) is 1.15. The smallest absolute Gasteiger partial charge is 0.397 e. The fraction of sp³-hybridized carbons (Fsp3) is 0.286. The highest BCUT2D eigenvalue weighted by Gasteiger charge is 2.44. The number of nitrogens with zero attached hydrogens (tertiary/aromatic N) is 2. The van der Waals surface area contributed by atoms with E-state index in [2.05, 4.69) is 4.98 Å². The van der Waals surface area contributed by atoms with Crippen LogP contribution < -0.4 is 5.73 Å². The van der Waals surface area contributed by atoms with Crippen LogP contribution in [0.1, 0.15) is 17.7 Å². The minimum absolute atomic E-state index is 0.317. The maximum absolute atomic E-state index is 12.4. The van der Waals surface area contributed by atoms with Gasteiger partial charge in [-0.1, -0.05) is 0 Å². The molecule has 0 saturated heterocycles. The number of aromatic nitrogens is 1. The van der Waals surface area contributed by atoms with Crippen molar-refractivity contribution in [1.29, 1.82) is 0 Å². The Morgan fingerprint density at radius 1 is 1.41 bits per heavy atom. The van der Waals surface area contributed by atoms with Gasteiger partial charge in [-0.25, -0.2) is 13.8 Å². The van der Waals surface area contributed by atoms with E-state index in [0.29, 0.717) is 6.20 Å². The first-order valence-electron chi connectivity index (χ1n) is 3.94. The fourth-order valence-corrected chi connectivity index (χ4v) is 1.15. The normalized spacial score (nSPS) is 11.9. The second-order valence-corrected chi connectivity index (χ2v) is 2.88. The molecule has 0 atom stereocenters. The van der Waals surface area contributed by atoms with Gasteiger partial charge in [0.1, 0.15) is 5.56 Å². The number of hydrogen-bond acceptors (Lipinski definition) is 4. The van der Waals surface area contributed by atoms with Crippen molar-refractivity contribution in [2.75, 3.05) is 5.73 Å². The predicted molar refractivity (Wildman–Crippen MR) is 45.3 cm³/mol. The van der Waals surface area contributed by atoms with Gasteiger partial charge in [-0.05, 0) is 0 Å². The standard InChI is InChI=1S/C7H4F5N3O2/c8-6(9)3-2(13)1-14-5(7(10,11)12)4(3)15(16)17/h1,6H,13H2. The third-order valence-corrected chi connectivity index (χ3v) is 1.79. The summed E-state index contributed by atoms with van der Waals surface area (Å²) in [5.74, 6) is 0. The van der Waals surface area contributed by atoms with Gasteiger partial charge in [0, 0.05) is 0 Å². The third kappa shape index (κ3) is 2.40. The van der Waals surface area contributed by atoms with Crippen LogP contribution in [0.15, 0.2) is 6.20 Å². The maximum Gasteiger partial charge on any atom is 0.440 e. The van der Waals surface area contributed by atoms with Crippen LogP contribution in [0.25, 0.3) is 0 Å². The Labute approximate surface area is 90.2 Å². The number of hydrogen-bond donors (Lipinski definition) is 1. The van der Waals surface area contributed by atoms with E-state index in [-0.39, 0.29) is 0 Å². The monoisotopic (exact) mass is 257 g/mol. The van der Waals surface area contributed by atoms with Crippen LogP contribution in [-0.4, -0.2) is 9.91 Å². The zero-order chi connectivity index (χ0) is 13.4. The van der Waals surface area contributed by atoms with Crippen LogP contribution in [0.3, 0.4) is 0 Å². The van der Waals surface area contributed by atoms with Crippen molar-refractivity contribution < 1.29 is 26.9 Å². The lowest BCUT2D eigenvalue weighted by molar-refractivity contribution is -0.389. The summed E-state index contributed by atoms with van der Waals surface area (Å²) in [5.41, 5.74) is -1.18. The molecule has 0 amide bonds. The van der Waals surface area contributed by atoms with Gasteiger partial charge in [-0.2, -0.15) is 13.2 Å². The lowest BCUT2D eigenvalue weighted by Crippen LogP contribution is -2.15. The van der Waals surface area contributed by atoms with Gasteiger partial charge in [0.15, 0.2) is 0 Å². The third-order valence-electron chi connectivity index (χ3n) is 1.79. The highest BCUT2D eigenvalue weighted by molar-refractivity contribution is 5.59. The quantitative estimate of drug-likeness (QED) is 0.501. The van der Waals surface area contributed by atoms with Crippen molar-refractivity contribution >= 4 is 11.4 Å². The Kier molecular flexibility index (Phi) is 3.16. The molecule has 0 aliphatic rings. The number of nitro groups is 1. The number of pyridine rings is 1. The maximum atomic E-state index is 12.4. The summed E-state index contributed by atoms with van der Waals surface area (Å²) in [4.78, 5) is 11.5. The molecule has 17 heavy (non-hydrogen) atoms. The molecule has 0 saturated carbocycles. The lowest BCUT2D eigenvalue weighted by Gasteiger charge is -2.10. The van der Waals surface area contributed by atoms with Crippen LogP contribution in [-0.2, 0) is 6.18 Å². The van der Waals surface area contributed by atoms with Crippen molar-refractivity contribution in [2.45, 2.75) is 12.6 Å². The summed E-state index contributed by atoms with van der Waals surface area (Å²) in [6.45, 7) is 0. The highest BCUT2D eigenvalue weighted by atomic mass is 19.4. The predicted octanol–water partition coefficient (Wildman–Crippen LogP) is 2.53. The van der Waals surface area contributed by atoms with E-state index in [4.69, 9.17) is 5.73 Å². The average Bonchev–Trinajstić information content (AvgIpc) is 2.14. The van der Waals surface area contributed by atoms with Crippen molar-refractivity contribution in [1.82, 2.24) is 4.98 Å². The Bertz CT molecular complexity index is 460. The summed E-state index contributed by atoms with van der Waals surface area (Å²) in [6, 6.07) is 0. The first-order chi connectivity index (χ1) is 7.66. The van der Waals surface area contributed by atoms with E-state index in [9.17, 15) is 32.1 Å². The van der Waals surface area contributed by atoms with E-state index in [0.717, 1.165) is 0 Å². The molecule has 0 spiro atoms. The number of nitrogen functional groups attached to an aromatic ring is 1. The average molecular weight is 257 g/mol. The number of anilines is 1. The molecule has 0 radical (unpaired) electrons. The van der Waals surface area contributed by atoms with Crippen molar-refractivity contribution in [2.24, 2.45) is 0 Å². The number of rotatable bonds is 2. The summed E-state index contributed by atoms with van der Waals surface area (Å²) < 4.78 is 61.9. The summed E-state index contributed by atoms with van der Waals surface area (Å²) >= 11 is 0. The molecule has 0 bridgehead atoms. The van der Waals surface area contributed by atoms with Crippen LogP contribution in [0.4, 0.5) is 33.3 Å². The molecule has 1 aromatic heterocycles. The van der Waals surface area contributed by atoms with Crippen LogP contribution >= 0.6 is 0 Å². The number of nitrogens with two attached hydrogens (primary N) is 1. The molecule has 94 valence electrons. The van der Waals surface area contributed by atoms with E-state index < -0.39 is 40.2 Å². The number of halogens is 5. The SMILES string of the molecule is Nc1cnc(C(F)(F)F)c([N+](=O)[O-])c1C(F)F. The van der Waals surface area contributed by atoms with E-state index >= 15 is 0 Å². The van der Waals surface area contributed by atoms with E-state index in [1.807, 2.05) is 0 Å². The van der Waals surface area contributed by atoms with Gasteiger partial charge in [0.25, 0.3) is 6.43 Å². The molecule has 0 aliphatic heterocycles. The topological polar surface area (TPSA) is 82.0 Å². The highest BCUT2D eigenvalue weighted by Crippen LogP contribution is 2.41. The zero-order valence-corrected chi connectivity index (χ0v) is 7.83. The Hall–Kier alpha value is -2.00. The van der Waals surface area contributed by atoms with Gasteiger partial charge in [0.05, 0.1) is 16.8 Å². The van der Waals surface area contributed by atoms with Crippen LogP contribution in [0.5, 0.6) is 0 Å². The molecule has 0 aromatic carbocycles. The Balaban J connectivity index is 3.66.